The van der Waals surface area contributed by atoms with Gasteiger partial charge in [0.15, 0.2) is 9.74 Å². The number of carbonyl (C=O) groups excluding carboxylic acids is 4. The molecule has 9 heterocycles. The van der Waals surface area contributed by atoms with Crippen LogP contribution in [0.25, 0.3) is 0 Å². The van der Waals surface area contributed by atoms with Crippen molar-refractivity contribution >= 4 is 82.6 Å². The number of aliphatic hydroxyl groups is 1. The Balaban J connectivity index is 1.30. The third-order valence-corrected chi connectivity index (χ3v) is 23.1. The van der Waals surface area contributed by atoms with Crippen molar-refractivity contribution in [2.75, 3.05) is 19.4 Å². The second kappa shape index (κ2) is 11.3. The van der Waals surface area contributed by atoms with E-state index in [2.05, 4.69) is 5.32 Å². The first-order chi connectivity index (χ1) is 27.5. The minimum atomic E-state index is -4.82. The van der Waals surface area contributed by atoms with Crippen molar-refractivity contribution in [2.24, 2.45) is 0 Å². The number of halogens is 1. The van der Waals surface area contributed by atoms with Crippen LogP contribution in [0.2, 0.25) is 0 Å². The minimum Gasteiger partial charge on any atom is -0.388 e. The summed E-state index contributed by atoms with van der Waals surface area (Å²) in [6.45, 7) is 5.24. The molecule has 0 unspecified atom stereocenters. The lowest BCUT2D eigenvalue weighted by Crippen LogP contribution is -2.77. The smallest absolute Gasteiger partial charge is 0.297 e. The zero-order chi connectivity index (χ0) is 40.9. The molecule has 302 valence electrons. The van der Waals surface area contributed by atoms with Crippen LogP contribution in [0, 0.1) is 12.7 Å². The van der Waals surface area contributed by atoms with E-state index >= 15 is 23.6 Å². The van der Waals surface area contributed by atoms with E-state index < -0.39 is 94.3 Å². The van der Waals surface area contributed by atoms with Gasteiger partial charge in [-0.1, -0.05) is 70.5 Å². The molecule has 8 saturated heterocycles. The van der Waals surface area contributed by atoms with Gasteiger partial charge in [0, 0.05) is 19.8 Å². The molecule has 2 spiro atoms. The van der Waals surface area contributed by atoms with Crippen LogP contribution in [0.3, 0.4) is 0 Å². The molecule has 9 aliphatic heterocycles. The van der Waals surface area contributed by atoms with Gasteiger partial charge in [-0.25, -0.2) is 4.39 Å². The number of para-hydroxylation sites is 1. The van der Waals surface area contributed by atoms with Crippen molar-refractivity contribution in [3.63, 3.8) is 0 Å². The summed E-state index contributed by atoms with van der Waals surface area (Å²) in [4.78, 5) is 59.5. The summed E-state index contributed by atoms with van der Waals surface area (Å²) in [5.74, 6) is -2.74. The highest BCUT2D eigenvalue weighted by Gasteiger charge is 2.93. The zero-order valence-corrected chi connectivity index (χ0v) is 35.7. The maximum Gasteiger partial charge on any atom is 0.297 e. The topological polar surface area (TPSA) is 157 Å². The quantitative estimate of drug-likeness (QED) is 0.283. The van der Waals surface area contributed by atoms with Gasteiger partial charge < -0.3 is 25.1 Å². The number of carbonyl (C=O) groups is 4. The molecule has 8 fully saturated rings. The summed E-state index contributed by atoms with van der Waals surface area (Å²) >= 11 is 0. The molecule has 0 saturated carbocycles. The Morgan fingerprint density at radius 2 is 1.53 bits per heavy atom. The summed E-state index contributed by atoms with van der Waals surface area (Å²) in [7, 11) is 2.61. The number of rotatable bonds is 5. The second-order valence-electron chi connectivity index (χ2n) is 16.4. The van der Waals surface area contributed by atoms with E-state index in [1.165, 1.54) is 61.7 Å². The van der Waals surface area contributed by atoms with Crippen LogP contribution >= 0.6 is 43.2 Å². The molecule has 2 N–H and O–H groups in total. The van der Waals surface area contributed by atoms with Gasteiger partial charge in [0.1, 0.15) is 24.2 Å². The Hall–Kier alpha value is -3.46. The first kappa shape index (κ1) is 37.5. The largest absolute Gasteiger partial charge is 0.388 e. The average molecular weight is 882 g/mol. The molecule has 10 aliphatic rings. The molecule has 4 amide bonds. The van der Waals surface area contributed by atoms with Crippen molar-refractivity contribution < 1.29 is 41.3 Å². The van der Waals surface area contributed by atoms with Crippen LogP contribution < -0.4 is 5.32 Å². The minimum absolute atomic E-state index is 0.0463. The van der Waals surface area contributed by atoms with E-state index in [9.17, 15) is 13.5 Å². The molecule has 1 aliphatic carbocycles. The zero-order valence-electron chi connectivity index (χ0n) is 31.6. The SMILES string of the molecule is CC[C@@]12SS[C@]3(C(=O)N1C)[C@@H](O)[C@]1([C@@]45c6ccccc6N[C@@H]4N4C(=O)[C@]6(C)SS[C@]4(C(=O)N6C)[C@H]5OS(=O)(=O)c4ccc(C)cc4)c4cc(F)ccc4C[C@@H]1N3C2=O. The summed E-state index contributed by atoms with van der Waals surface area (Å²) in [5.41, 5.74) is -1.57. The molecule has 19 heteroatoms. The molecule has 4 bridgehead atoms. The summed E-state index contributed by atoms with van der Waals surface area (Å²) < 4.78 is 52.7. The Bertz CT molecular complexity index is 2590. The number of aliphatic hydroxyl groups excluding tert-OH is 1. The lowest BCUT2D eigenvalue weighted by molar-refractivity contribution is -0.168. The predicted molar refractivity (Wildman–Crippen MR) is 217 cm³/mol. The fraction of sp³-hybridized carbons (Fsp3) is 0.436. The van der Waals surface area contributed by atoms with Crippen molar-refractivity contribution in [3.8, 4) is 0 Å². The van der Waals surface area contributed by atoms with E-state index in [-0.39, 0.29) is 23.3 Å². The Labute approximate surface area is 349 Å². The number of aryl methyl sites for hydroxylation is 1. The molecule has 0 radical (unpaired) electrons. The van der Waals surface area contributed by atoms with Gasteiger partial charge in [-0.3, -0.25) is 28.3 Å². The van der Waals surface area contributed by atoms with E-state index in [4.69, 9.17) is 4.18 Å². The number of fused-ring (bicyclic) bond motifs is 11. The number of hydrogen-bond acceptors (Lipinski definition) is 13. The van der Waals surface area contributed by atoms with Gasteiger partial charge in [-0.2, -0.15) is 8.42 Å². The summed E-state index contributed by atoms with van der Waals surface area (Å²) in [5, 5.41) is 17.3. The fourth-order valence-corrected chi connectivity index (χ4v) is 20.3. The van der Waals surface area contributed by atoms with Crippen LogP contribution in [0.5, 0.6) is 0 Å². The van der Waals surface area contributed by atoms with Crippen LogP contribution in [0.4, 0.5) is 10.1 Å². The Morgan fingerprint density at radius 3 is 2.26 bits per heavy atom. The van der Waals surface area contributed by atoms with Gasteiger partial charge in [0.2, 0.25) is 9.74 Å². The van der Waals surface area contributed by atoms with Gasteiger partial charge in [-0.15, -0.1) is 0 Å². The standard InChI is InChI=1S/C39H36FN5O8S5/c1-6-35-31(48)44-26-17-20-13-14-21(40)18-24(20)36(26,27(46)38(44,56-55-35)32(49)43(35)5)37-23-9-7-8-10-25(23)41-29(37)45-30(47)34(3)42(4)33(50)39(45,57-54-34)28(37)53-58(51,52)22-15-11-19(2)12-16-22/h7-16,18,26-29,41,46H,6,17H2,1-5H3/t26-,27-,28-,29+,34-,35-,36-,37+,38-,39-/m0/s1. The number of likely N-dealkylation sites (N-methyl/N-ethyl adjacent to an activating group) is 2. The van der Waals surface area contributed by atoms with E-state index in [1.807, 2.05) is 6.92 Å². The maximum absolute atomic E-state index is 16.1. The van der Waals surface area contributed by atoms with E-state index in [0.717, 1.165) is 37.9 Å². The van der Waals surface area contributed by atoms with E-state index in [1.54, 1.807) is 63.4 Å². The first-order valence-corrected chi connectivity index (χ1v) is 24.5. The molecule has 3 aromatic rings. The van der Waals surface area contributed by atoms with Crippen molar-refractivity contribution in [2.45, 2.75) is 93.2 Å². The fourth-order valence-electron chi connectivity index (χ4n) is 11.6. The number of nitrogens with one attached hydrogen (secondary N) is 1. The predicted octanol–water partition coefficient (Wildman–Crippen LogP) is 3.75. The second-order valence-corrected chi connectivity index (χ2v) is 23.4. The molecule has 10 atom stereocenters. The van der Waals surface area contributed by atoms with Gasteiger partial charge in [0.25, 0.3) is 33.7 Å². The molecular formula is C39H36FN5O8S5. The van der Waals surface area contributed by atoms with Crippen molar-refractivity contribution in [1.82, 2.24) is 19.6 Å². The number of amides is 4. The monoisotopic (exact) mass is 881 g/mol. The van der Waals surface area contributed by atoms with Gasteiger partial charge in [0.05, 0.1) is 21.8 Å². The number of hydrogen-bond donors (Lipinski definition) is 2. The normalized spacial score (nSPS) is 40.1. The summed E-state index contributed by atoms with van der Waals surface area (Å²) in [6, 6.07) is 16.1. The number of piperazine rings is 2. The lowest BCUT2D eigenvalue weighted by atomic mass is 9.51. The first-order valence-electron chi connectivity index (χ1n) is 18.8. The highest BCUT2D eigenvalue weighted by Crippen LogP contribution is 2.79. The van der Waals surface area contributed by atoms with Gasteiger partial charge >= 0.3 is 0 Å². The number of nitrogens with zero attached hydrogens (tertiary/aromatic N) is 4. The molecule has 13 rings (SSSR count). The molecular weight excluding hydrogens is 846 g/mol. The third kappa shape index (κ3) is 3.65. The summed E-state index contributed by atoms with van der Waals surface area (Å²) in [6.07, 6.45) is -4.73. The lowest BCUT2D eigenvalue weighted by Gasteiger charge is -2.59. The Kier molecular flexibility index (Phi) is 7.29. The van der Waals surface area contributed by atoms with Crippen LogP contribution in [0.15, 0.2) is 71.6 Å². The molecule has 58 heavy (non-hydrogen) atoms. The molecule has 3 aromatic carbocycles. The van der Waals surface area contributed by atoms with Crippen LogP contribution in [-0.4, -0.2) is 115 Å². The van der Waals surface area contributed by atoms with Crippen LogP contribution in [-0.2, 0) is 50.7 Å². The van der Waals surface area contributed by atoms with Crippen molar-refractivity contribution in [3.05, 3.63) is 94.8 Å². The average Bonchev–Trinajstić information content (AvgIpc) is 3.85. The molecule has 13 nitrogen and oxygen atoms in total. The maximum atomic E-state index is 16.1. The Morgan fingerprint density at radius 1 is 0.845 bits per heavy atom. The highest BCUT2D eigenvalue weighted by molar-refractivity contribution is 8.78. The number of anilines is 1. The van der Waals surface area contributed by atoms with Gasteiger partial charge in [-0.05, 0) is 95.3 Å². The molecule has 0 aromatic heterocycles. The van der Waals surface area contributed by atoms with Crippen LogP contribution in [0.1, 0.15) is 42.5 Å². The third-order valence-electron chi connectivity index (χ3n) is 14.3. The van der Waals surface area contributed by atoms with E-state index in [0.29, 0.717) is 16.8 Å². The van der Waals surface area contributed by atoms with Crippen molar-refractivity contribution in [1.29, 1.82) is 0 Å². The number of benzene rings is 3. The highest BCUT2D eigenvalue weighted by atomic mass is 33.1.